The largest absolute Gasteiger partial charge is 0.337 e. The maximum atomic E-state index is 13.0. The summed E-state index contributed by atoms with van der Waals surface area (Å²) in [5, 5.41) is 3.80. The summed E-state index contributed by atoms with van der Waals surface area (Å²) in [7, 11) is 0. The van der Waals surface area contributed by atoms with Crippen LogP contribution in [0.15, 0.2) is 22.7 Å². The SMILES string of the molecule is CCC(N)c1nc(-c2ccc(F)c(Cl)c2)no1. The van der Waals surface area contributed by atoms with Crippen LogP contribution in [0.1, 0.15) is 25.3 Å². The van der Waals surface area contributed by atoms with Gasteiger partial charge in [-0.15, -0.1) is 0 Å². The minimum Gasteiger partial charge on any atom is -0.337 e. The molecule has 0 amide bonds. The van der Waals surface area contributed by atoms with E-state index in [9.17, 15) is 4.39 Å². The van der Waals surface area contributed by atoms with Crippen molar-refractivity contribution in [2.24, 2.45) is 5.73 Å². The van der Waals surface area contributed by atoms with E-state index in [1.165, 1.54) is 18.2 Å². The van der Waals surface area contributed by atoms with Crippen LogP contribution in [-0.4, -0.2) is 10.1 Å². The molecular formula is C11H11ClFN3O. The third-order valence-corrected chi connectivity index (χ3v) is 2.67. The Morgan fingerprint density at radius 3 is 2.94 bits per heavy atom. The van der Waals surface area contributed by atoms with Gasteiger partial charge >= 0.3 is 0 Å². The van der Waals surface area contributed by atoms with Crippen molar-refractivity contribution >= 4 is 11.6 Å². The average Bonchev–Trinajstić information content (AvgIpc) is 2.81. The van der Waals surface area contributed by atoms with E-state index in [0.29, 0.717) is 23.7 Å². The lowest BCUT2D eigenvalue weighted by atomic mass is 10.2. The minimum absolute atomic E-state index is 0.0219. The van der Waals surface area contributed by atoms with Gasteiger partial charge in [0.25, 0.3) is 0 Å². The Balaban J connectivity index is 2.33. The zero-order valence-corrected chi connectivity index (χ0v) is 9.91. The van der Waals surface area contributed by atoms with Crippen LogP contribution >= 0.6 is 11.6 Å². The highest BCUT2D eigenvalue weighted by molar-refractivity contribution is 6.31. The Bertz CT molecular complexity index is 529. The summed E-state index contributed by atoms with van der Waals surface area (Å²) < 4.78 is 18.0. The molecule has 1 unspecified atom stereocenters. The predicted molar refractivity (Wildman–Crippen MR) is 61.9 cm³/mol. The maximum absolute atomic E-state index is 13.0. The minimum atomic E-state index is -0.482. The molecule has 2 rings (SSSR count). The fourth-order valence-corrected chi connectivity index (χ4v) is 1.49. The van der Waals surface area contributed by atoms with Gasteiger partial charge in [0.1, 0.15) is 5.82 Å². The molecule has 0 aliphatic carbocycles. The van der Waals surface area contributed by atoms with Crippen molar-refractivity contribution in [3.63, 3.8) is 0 Å². The van der Waals surface area contributed by atoms with Crippen LogP contribution in [0.5, 0.6) is 0 Å². The number of hydrogen-bond acceptors (Lipinski definition) is 4. The molecule has 0 spiro atoms. The molecule has 1 aromatic carbocycles. The molecule has 0 radical (unpaired) electrons. The van der Waals surface area contributed by atoms with Crippen LogP contribution < -0.4 is 5.73 Å². The van der Waals surface area contributed by atoms with Crippen molar-refractivity contribution in [1.29, 1.82) is 0 Å². The van der Waals surface area contributed by atoms with Crippen molar-refractivity contribution in [1.82, 2.24) is 10.1 Å². The molecule has 0 aliphatic rings. The van der Waals surface area contributed by atoms with Gasteiger partial charge in [-0.3, -0.25) is 0 Å². The summed E-state index contributed by atoms with van der Waals surface area (Å²) >= 11 is 5.67. The van der Waals surface area contributed by atoms with E-state index in [-0.39, 0.29) is 11.1 Å². The number of halogens is 2. The van der Waals surface area contributed by atoms with Gasteiger partial charge in [-0.1, -0.05) is 23.7 Å². The lowest BCUT2D eigenvalue weighted by Gasteiger charge is -1.99. The number of hydrogen-bond donors (Lipinski definition) is 1. The van der Waals surface area contributed by atoms with Gasteiger partial charge in [0.05, 0.1) is 11.1 Å². The van der Waals surface area contributed by atoms with E-state index < -0.39 is 5.82 Å². The van der Waals surface area contributed by atoms with Gasteiger partial charge in [0.15, 0.2) is 0 Å². The second-order valence-electron chi connectivity index (χ2n) is 3.60. The summed E-state index contributed by atoms with van der Waals surface area (Å²) in [6.45, 7) is 1.92. The first-order valence-electron chi connectivity index (χ1n) is 5.16. The van der Waals surface area contributed by atoms with Crippen molar-refractivity contribution in [3.05, 3.63) is 34.9 Å². The molecule has 4 nitrogen and oxygen atoms in total. The molecule has 1 aromatic heterocycles. The van der Waals surface area contributed by atoms with E-state index in [1.54, 1.807) is 0 Å². The molecule has 17 heavy (non-hydrogen) atoms. The van der Waals surface area contributed by atoms with Gasteiger partial charge < -0.3 is 10.3 Å². The van der Waals surface area contributed by atoms with Crippen molar-refractivity contribution in [2.75, 3.05) is 0 Å². The van der Waals surface area contributed by atoms with Crippen LogP contribution in [0.2, 0.25) is 5.02 Å². The predicted octanol–water partition coefficient (Wildman–Crippen LogP) is 2.94. The lowest BCUT2D eigenvalue weighted by molar-refractivity contribution is 0.352. The van der Waals surface area contributed by atoms with Crippen LogP contribution in [0.4, 0.5) is 4.39 Å². The Morgan fingerprint density at radius 1 is 1.53 bits per heavy atom. The number of benzene rings is 1. The van der Waals surface area contributed by atoms with Crippen LogP contribution in [0.3, 0.4) is 0 Å². The molecular weight excluding hydrogens is 245 g/mol. The highest BCUT2D eigenvalue weighted by atomic mass is 35.5. The number of nitrogens with zero attached hydrogens (tertiary/aromatic N) is 2. The quantitative estimate of drug-likeness (QED) is 0.916. The summed E-state index contributed by atoms with van der Waals surface area (Å²) in [6.07, 6.45) is 0.700. The fourth-order valence-electron chi connectivity index (χ4n) is 1.31. The first-order chi connectivity index (χ1) is 8.11. The number of rotatable bonds is 3. The Labute approximate surface area is 103 Å². The zero-order chi connectivity index (χ0) is 12.4. The Kier molecular flexibility index (Phi) is 3.40. The molecule has 0 fully saturated rings. The van der Waals surface area contributed by atoms with Crippen molar-refractivity contribution in [2.45, 2.75) is 19.4 Å². The van der Waals surface area contributed by atoms with Gasteiger partial charge in [-0.25, -0.2) is 4.39 Å². The topological polar surface area (TPSA) is 64.9 Å². The highest BCUT2D eigenvalue weighted by Gasteiger charge is 2.14. The van der Waals surface area contributed by atoms with Crippen molar-refractivity contribution in [3.8, 4) is 11.4 Å². The van der Waals surface area contributed by atoms with E-state index in [0.717, 1.165) is 0 Å². The van der Waals surface area contributed by atoms with E-state index >= 15 is 0 Å². The molecule has 1 heterocycles. The molecule has 2 N–H and O–H groups in total. The van der Waals surface area contributed by atoms with Crippen LogP contribution in [-0.2, 0) is 0 Å². The smallest absolute Gasteiger partial charge is 0.243 e. The van der Waals surface area contributed by atoms with Crippen LogP contribution in [0.25, 0.3) is 11.4 Å². The maximum Gasteiger partial charge on any atom is 0.243 e. The third kappa shape index (κ3) is 2.45. The van der Waals surface area contributed by atoms with E-state index in [2.05, 4.69) is 10.1 Å². The summed E-state index contributed by atoms with van der Waals surface area (Å²) in [4.78, 5) is 4.14. The summed E-state index contributed by atoms with van der Waals surface area (Å²) in [5.74, 6) is 0.234. The molecule has 2 aromatic rings. The number of aromatic nitrogens is 2. The molecule has 1 atom stereocenters. The zero-order valence-electron chi connectivity index (χ0n) is 9.15. The van der Waals surface area contributed by atoms with Gasteiger partial charge in [-0.05, 0) is 24.6 Å². The fraction of sp³-hybridized carbons (Fsp3) is 0.273. The Morgan fingerprint density at radius 2 is 2.29 bits per heavy atom. The summed E-state index contributed by atoms with van der Waals surface area (Å²) in [5.41, 5.74) is 6.35. The molecule has 0 bridgehead atoms. The Hall–Kier alpha value is -1.46. The van der Waals surface area contributed by atoms with Gasteiger partial charge in [0.2, 0.25) is 11.7 Å². The first kappa shape index (κ1) is 12.0. The molecule has 90 valence electrons. The molecule has 0 aliphatic heterocycles. The molecule has 6 heteroatoms. The average molecular weight is 256 g/mol. The van der Waals surface area contributed by atoms with Crippen molar-refractivity contribution < 1.29 is 8.91 Å². The van der Waals surface area contributed by atoms with E-state index in [4.69, 9.17) is 21.9 Å². The third-order valence-electron chi connectivity index (χ3n) is 2.38. The highest BCUT2D eigenvalue weighted by Crippen LogP contribution is 2.23. The second kappa shape index (κ2) is 4.81. The van der Waals surface area contributed by atoms with E-state index in [1.807, 2.05) is 6.92 Å². The first-order valence-corrected chi connectivity index (χ1v) is 5.54. The lowest BCUT2D eigenvalue weighted by Crippen LogP contribution is -2.08. The summed E-state index contributed by atoms with van der Waals surface area (Å²) in [6, 6.07) is 3.95. The standard InChI is InChI=1S/C11H11ClFN3O/c1-2-9(14)11-15-10(16-17-11)6-3-4-8(13)7(12)5-6/h3-5,9H,2,14H2,1H3. The monoisotopic (exact) mass is 255 g/mol. The molecule has 0 saturated heterocycles. The van der Waals surface area contributed by atoms with Gasteiger partial charge in [0, 0.05) is 5.56 Å². The normalized spacial score (nSPS) is 12.7. The number of nitrogens with two attached hydrogens (primary N) is 1. The van der Waals surface area contributed by atoms with Gasteiger partial charge in [-0.2, -0.15) is 4.98 Å². The van der Waals surface area contributed by atoms with Crippen LogP contribution in [0, 0.1) is 5.82 Å². The molecule has 0 saturated carbocycles. The second-order valence-corrected chi connectivity index (χ2v) is 4.01.